The maximum atomic E-state index is 12.7. The molecule has 0 radical (unpaired) electrons. The lowest BCUT2D eigenvalue weighted by molar-refractivity contribution is -0.119. The van der Waals surface area contributed by atoms with Gasteiger partial charge in [-0.1, -0.05) is 31.5 Å². The summed E-state index contributed by atoms with van der Waals surface area (Å²) in [6.45, 7) is 2.98. The van der Waals surface area contributed by atoms with Crippen molar-refractivity contribution < 1.29 is 4.79 Å². The van der Waals surface area contributed by atoms with Gasteiger partial charge in [0.05, 0.1) is 0 Å². The Kier molecular flexibility index (Phi) is 4.29. The summed E-state index contributed by atoms with van der Waals surface area (Å²) in [4.78, 5) is 14.8. The smallest absolute Gasteiger partial charge is 0.227 e. The molecule has 1 aliphatic heterocycles. The van der Waals surface area contributed by atoms with Crippen LogP contribution in [0.5, 0.6) is 0 Å². The van der Waals surface area contributed by atoms with Crippen molar-refractivity contribution in [2.75, 3.05) is 11.4 Å². The number of nitrogens with zero attached hydrogens (tertiary/aromatic N) is 1. The van der Waals surface area contributed by atoms with Gasteiger partial charge in [0.1, 0.15) is 0 Å². The molecule has 1 amide bonds. The first-order valence-electron chi connectivity index (χ1n) is 8.30. The zero-order chi connectivity index (χ0) is 14.8. The molecule has 0 aromatic heterocycles. The van der Waals surface area contributed by atoms with E-state index in [9.17, 15) is 4.79 Å². The molecule has 0 saturated heterocycles. The second kappa shape index (κ2) is 6.18. The van der Waals surface area contributed by atoms with E-state index >= 15 is 0 Å². The van der Waals surface area contributed by atoms with Crippen LogP contribution in [0.15, 0.2) is 24.3 Å². The van der Waals surface area contributed by atoms with E-state index in [0.717, 1.165) is 31.4 Å². The van der Waals surface area contributed by atoms with E-state index in [0.29, 0.717) is 24.8 Å². The number of benzene rings is 1. The van der Waals surface area contributed by atoms with Gasteiger partial charge in [-0.15, -0.1) is 0 Å². The van der Waals surface area contributed by atoms with E-state index in [1.54, 1.807) is 0 Å². The Morgan fingerprint density at radius 3 is 2.86 bits per heavy atom. The number of hydrogen-bond acceptors (Lipinski definition) is 2. The van der Waals surface area contributed by atoms with Gasteiger partial charge in [-0.05, 0) is 55.7 Å². The highest BCUT2D eigenvalue weighted by Crippen LogP contribution is 2.37. The maximum absolute atomic E-state index is 12.7. The van der Waals surface area contributed by atoms with Gasteiger partial charge in [-0.2, -0.15) is 0 Å². The van der Waals surface area contributed by atoms with Crippen molar-refractivity contribution in [2.45, 2.75) is 51.5 Å². The van der Waals surface area contributed by atoms with Crippen LogP contribution < -0.4 is 10.6 Å². The van der Waals surface area contributed by atoms with Crippen LogP contribution in [0.1, 0.15) is 44.6 Å². The summed E-state index contributed by atoms with van der Waals surface area (Å²) in [6.07, 6.45) is 6.10. The summed E-state index contributed by atoms with van der Waals surface area (Å²) in [5, 5.41) is 0. The monoisotopic (exact) mass is 286 g/mol. The Labute approximate surface area is 127 Å². The highest BCUT2D eigenvalue weighted by molar-refractivity contribution is 5.95. The standard InChI is InChI=1S/C18H26N2O/c1-13-9-10-15(12-19)17(11-13)20-16-7-3-2-5-14(16)6-4-8-18(20)21/h2-3,5,7,13,15,17H,4,6,8-12,19H2,1H3. The molecule has 3 rings (SSSR count). The number of carbonyl (C=O) groups excluding carboxylic acids is 1. The van der Waals surface area contributed by atoms with Crippen LogP contribution in [0, 0.1) is 11.8 Å². The van der Waals surface area contributed by atoms with Gasteiger partial charge in [0.2, 0.25) is 5.91 Å². The molecule has 3 unspecified atom stereocenters. The van der Waals surface area contributed by atoms with Crippen molar-refractivity contribution in [1.82, 2.24) is 0 Å². The van der Waals surface area contributed by atoms with Gasteiger partial charge in [0, 0.05) is 18.2 Å². The predicted octanol–water partition coefficient (Wildman–Crippen LogP) is 3.12. The fourth-order valence-electron chi connectivity index (χ4n) is 4.01. The highest BCUT2D eigenvalue weighted by atomic mass is 16.2. The zero-order valence-corrected chi connectivity index (χ0v) is 12.9. The maximum Gasteiger partial charge on any atom is 0.227 e. The van der Waals surface area contributed by atoms with Crippen molar-refractivity contribution in [3.8, 4) is 0 Å². The Bertz CT molecular complexity index is 514. The second-order valence-electron chi connectivity index (χ2n) is 6.73. The van der Waals surface area contributed by atoms with Crippen LogP contribution in [0.4, 0.5) is 5.69 Å². The lowest BCUT2D eigenvalue weighted by atomic mass is 9.78. The molecule has 1 saturated carbocycles. The Morgan fingerprint density at radius 1 is 1.24 bits per heavy atom. The zero-order valence-electron chi connectivity index (χ0n) is 12.9. The molecule has 1 aromatic carbocycles. The van der Waals surface area contributed by atoms with Crippen molar-refractivity contribution >= 4 is 11.6 Å². The highest BCUT2D eigenvalue weighted by Gasteiger charge is 2.36. The van der Waals surface area contributed by atoms with Crippen molar-refractivity contribution in [2.24, 2.45) is 17.6 Å². The van der Waals surface area contributed by atoms with Gasteiger partial charge in [-0.25, -0.2) is 0 Å². The fraction of sp³-hybridized carbons (Fsp3) is 0.611. The van der Waals surface area contributed by atoms with Gasteiger partial charge in [0.15, 0.2) is 0 Å². The summed E-state index contributed by atoms with van der Waals surface area (Å²) in [5.74, 6) is 1.41. The minimum atomic E-state index is 0.283. The van der Waals surface area contributed by atoms with Crippen LogP contribution in [-0.2, 0) is 11.2 Å². The molecular formula is C18H26N2O. The van der Waals surface area contributed by atoms with Crippen LogP contribution in [-0.4, -0.2) is 18.5 Å². The number of amides is 1. The number of carbonyl (C=O) groups is 1. The van der Waals surface area contributed by atoms with Crippen LogP contribution in [0.25, 0.3) is 0 Å². The van der Waals surface area contributed by atoms with E-state index in [1.165, 1.54) is 12.0 Å². The molecule has 0 bridgehead atoms. The second-order valence-corrected chi connectivity index (χ2v) is 6.73. The summed E-state index contributed by atoms with van der Waals surface area (Å²) in [5.41, 5.74) is 8.47. The Morgan fingerprint density at radius 2 is 2.05 bits per heavy atom. The molecular weight excluding hydrogens is 260 g/mol. The number of aryl methyl sites for hydroxylation is 1. The molecule has 3 atom stereocenters. The average Bonchev–Trinajstić information content (AvgIpc) is 2.65. The number of rotatable bonds is 2. The molecule has 114 valence electrons. The van der Waals surface area contributed by atoms with Crippen molar-refractivity contribution in [1.29, 1.82) is 0 Å². The first-order chi connectivity index (χ1) is 10.2. The third-order valence-electron chi connectivity index (χ3n) is 5.21. The molecule has 1 fully saturated rings. The minimum absolute atomic E-state index is 0.283. The Hall–Kier alpha value is -1.35. The van der Waals surface area contributed by atoms with Crippen LogP contribution in [0.3, 0.4) is 0 Å². The first kappa shape index (κ1) is 14.6. The van der Waals surface area contributed by atoms with Crippen molar-refractivity contribution in [3.05, 3.63) is 29.8 Å². The van der Waals surface area contributed by atoms with E-state index in [2.05, 4.69) is 30.0 Å². The molecule has 3 heteroatoms. The quantitative estimate of drug-likeness (QED) is 0.908. The number of hydrogen-bond donors (Lipinski definition) is 1. The largest absolute Gasteiger partial charge is 0.330 e. The number of fused-ring (bicyclic) bond motifs is 1. The van der Waals surface area contributed by atoms with E-state index in [4.69, 9.17) is 5.73 Å². The van der Waals surface area contributed by atoms with Gasteiger partial charge >= 0.3 is 0 Å². The van der Waals surface area contributed by atoms with Gasteiger partial charge < -0.3 is 10.6 Å². The van der Waals surface area contributed by atoms with Crippen LogP contribution >= 0.6 is 0 Å². The van der Waals surface area contributed by atoms with Gasteiger partial charge in [0.25, 0.3) is 0 Å². The lowest BCUT2D eigenvalue weighted by Gasteiger charge is -2.42. The molecule has 2 aliphatic rings. The topological polar surface area (TPSA) is 46.3 Å². The normalized spacial score (nSPS) is 29.9. The summed E-state index contributed by atoms with van der Waals surface area (Å²) >= 11 is 0. The lowest BCUT2D eigenvalue weighted by Crippen LogP contribution is -2.49. The van der Waals surface area contributed by atoms with Gasteiger partial charge in [-0.3, -0.25) is 4.79 Å². The number of nitrogens with two attached hydrogens (primary N) is 1. The third kappa shape index (κ3) is 2.84. The van der Waals surface area contributed by atoms with Crippen molar-refractivity contribution in [3.63, 3.8) is 0 Å². The van der Waals surface area contributed by atoms with E-state index < -0.39 is 0 Å². The molecule has 21 heavy (non-hydrogen) atoms. The molecule has 3 nitrogen and oxygen atoms in total. The Balaban J connectivity index is 1.99. The molecule has 1 aromatic rings. The predicted molar refractivity (Wildman–Crippen MR) is 86.2 cm³/mol. The molecule has 1 heterocycles. The third-order valence-corrected chi connectivity index (χ3v) is 5.21. The summed E-state index contributed by atoms with van der Waals surface area (Å²) < 4.78 is 0. The fourth-order valence-corrected chi connectivity index (χ4v) is 4.01. The minimum Gasteiger partial charge on any atom is -0.330 e. The number of para-hydroxylation sites is 1. The number of anilines is 1. The first-order valence-corrected chi connectivity index (χ1v) is 8.30. The van der Waals surface area contributed by atoms with E-state index in [-0.39, 0.29) is 11.9 Å². The summed E-state index contributed by atoms with van der Waals surface area (Å²) in [6, 6.07) is 8.70. The van der Waals surface area contributed by atoms with Crippen LogP contribution in [0.2, 0.25) is 0 Å². The molecule has 0 spiro atoms. The molecule has 1 aliphatic carbocycles. The molecule has 2 N–H and O–H groups in total. The average molecular weight is 286 g/mol. The SMILES string of the molecule is CC1CCC(CN)C(N2C(=O)CCCc3ccccc32)C1. The van der Waals surface area contributed by atoms with E-state index in [1.807, 2.05) is 6.07 Å². The summed E-state index contributed by atoms with van der Waals surface area (Å²) in [7, 11) is 0.